The lowest BCUT2D eigenvalue weighted by atomic mass is 10.1. The predicted octanol–water partition coefficient (Wildman–Crippen LogP) is 3.75. The zero-order valence-corrected chi connectivity index (χ0v) is 11.0. The number of hydrogen-bond acceptors (Lipinski definition) is 4. The normalized spacial score (nSPS) is 12.0. The van der Waals surface area contributed by atoms with Crippen LogP contribution in [0.15, 0.2) is 36.4 Å². The molecule has 7 heteroatoms. The molecular weight excluding hydrogens is 282 g/mol. The largest absolute Gasteiger partial charge is 0.508 e. The van der Waals surface area contributed by atoms with Gasteiger partial charge in [0.05, 0.1) is 17.0 Å². The molecule has 0 bridgehead atoms. The highest BCUT2D eigenvalue weighted by Gasteiger charge is 2.20. The lowest BCUT2D eigenvalue weighted by Gasteiger charge is -2.17. The van der Waals surface area contributed by atoms with Crippen LogP contribution in [0.4, 0.5) is 20.2 Å². The summed E-state index contributed by atoms with van der Waals surface area (Å²) in [5.41, 5.74) is -0.522. The summed E-state index contributed by atoms with van der Waals surface area (Å²) in [5.74, 6) is -1.75. The van der Waals surface area contributed by atoms with Gasteiger partial charge in [0.25, 0.3) is 5.69 Å². The Labute approximate surface area is 119 Å². The molecule has 0 saturated heterocycles. The highest BCUT2D eigenvalue weighted by molar-refractivity contribution is 5.64. The molecular formula is C14H12F2N2O3. The minimum absolute atomic E-state index is 0.0629. The van der Waals surface area contributed by atoms with E-state index in [1.807, 2.05) is 0 Å². The van der Waals surface area contributed by atoms with Crippen LogP contribution in [-0.2, 0) is 0 Å². The molecule has 5 nitrogen and oxygen atoms in total. The number of nitrogens with zero attached hydrogens (tertiary/aromatic N) is 1. The van der Waals surface area contributed by atoms with Crippen LogP contribution < -0.4 is 5.32 Å². The minimum atomic E-state index is -0.825. The Kier molecular flexibility index (Phi) is 4.02. The van der Waals surface area contributed by atoms with Gasteiger partial charge in [-0.15, -0.1) is 0 Å². The first-order valence-corrected chi connectivity index (χ1v) is 6.08. The number of phenolic OH excluding ortho intramolecular Hbond substituents is 1. The average Bonchev–Trinajstić information content (AvgIpc) is 2.40. The predicted molar refractivity (Wildman–Crippen MR) is 73.2 cm³/mol. The highest BCUT2D eigenvalue weighted by atomic mass is 19.1. The summed E-state index contributed by atoms with van der Waals surface area (Å²) in [6.45, 7) is 1.48. The SMILES string of the molecule is CC(Nc1ccc(O)cc1[N+](=O)[O-])c1c(F)cccc1F. The van der Waals surface area contributed by atoms with E-state index in [-0.39, 0.29) is 22.7 Å². The van der Waals surface area contributed by atoms with E-state index < -0.39 is 22.6 Å². The number of benzene rings is 2. The van der Waals surface area contributed by atoms with Crippen molar-refractivity contribution in [1.29, 1.82) is 0 Å². The third-order valence-electron chi connectivity index (χ3n) is 2.98. The van der Waals surface area contributed by atoms with Crippen molar-refractivity contribution >= 4 is 11.4 Å². The number of hydrogen-bond donors (Lipinski definition) is 2. The second-order valence-electron chi connectivity index (χ2n) is 4.46. The van der Waals surface area contributed by atoms with Crippen LogP contribution in [0.25, 0.3) is 0 Å². The van der Waals surface area contributed by atoms with Crippen LogP contribution >= 0.6 is 0 Å². The summed E-state index contributed by atoms with van der Waals surface area (Å²) >= 11 is 0. The molecule has 0 aliphatic carbocycles. The van der Waals surface area contributed by atoms with Crippen molar-refractivity contribution in [2.24, 2.45) is 0 Å². The van der Waals surface area contributed by atoms with Crippen molar-refractivity contribution < 1.29 is 18.8 Å². The van der Waals surface area contributed by atoms with Crippen molar-refractivity contribution in [3.05, 3.63) is 63.7 Å². The Morgan fingerprint density at radius 2 is 1.86 bits per heavy atom. The van der Waals surface area contributed by atoms with Crippen LogP contribution in [0.2, 0.25) is 0 Å². The summed E-state index contributed by atoms with van der Waals surface area (Å²) in [6, 6.07) is 6.14. The van der Waals surface area contributed by atoms with Crippen molar-refractivity contribution in [1.82, 2.24) is 0 Å². The van der Waals surface area contributed by atoms with Gasteiger partial charge in [0.2, 0.25) is 0 Å². The van der Waals surface area contributed by atoms with Gasteiger partial charge in [-0.05, 0) is 31.2 Å². The summed E-state index contributed by atoms with van der Waals surface area (Å²) < 4.78 is 27.3. The van der Waals surface area contributed by atoms with Crippen LogP contribution in [-0.4, -0.2) is 10.0 Å². The van der Waals surface area contributed by atoms with Crippen molar-refractivity contribution in [3.63, 3.8) is 0 Å². The summed E-state index contributed by atoms with van der Waals surface area (Å²) in [6.07, 6.45) is 0. The van der Waals surface area contributed by atoms with E-state index in [1.165, 1.54) is 25.1 Å². The molecule has 0 fully saturated rings. The van der Waals surface area contributed by atoms with Crippen LogP contribution in [0.3, 0.4) is 0 Å². The number of halogens is 2. The lowest BCUT2D eigenvalue weighted by Crippen LogP contribution is -2.12. The molecule has 2 aromatic rings. The van der Waals surface area contributed by atoms with E-state index in [4.69, 9.17) is 0 Å². The zero-order chi connectivity index (χ0) is 15.6. The molecule has 1 atom stereocenters. The summed E-state index contributed by atoms with van der Waals surface area (Å²) in [7, 11) is 0. The maximum atomic E-state index is 13.7. The highest BCUT2D eigenvalue weighted by Crippen LogP contribution is 2.32. The van der Waals surface area contributed by atoms with Gasteiger partial charge in [0.15, 0.2) is 0 Å². The molecule has 1 unspecified atom stereocenters. The molecule has 2 rings (SSSR count). The third kappa shape index (κ3) is 3.07. The first-order chi connectivity index (χ1) is 9.90. The van der Waals surface area contributed by atoms with Crippen molar-refractivity contribution in [2.45, 2.75) is 13.0 Å². The molecule has 0 spiro atoms. The number of phenols is 1. The van der Waals surface area contributed by atoms with E-state index in [2.05, 4.69) is 5.32 Å². The van der Waals surface area contributed by atoms with E-state index >= 15 is 0 Å². The van der Waals surface area contributed by atoms with Crippen LogP contribution in [0.5, 0.6) is 5.75 Å². The number of nitro benzene ring substituents is 1. The molecule has 0 aromatic heterocycles. The van der Waals surface area contributed by atoms with Gasteiger partial charge in [-0.2, -0.15) is 0 Å². The average molecular weight is 294 g/mol. The van der Waals surface area contributed by atoms with Gasteiger partial charge >= 0.3 is 0 Å². The topological polar surface area (TPSA) is 75.4 Å². The number of nitro groups is 1. The van der Waals surface area contributed by atoms with Gasteiger partial charge in [-0.3, -0.25) is 10.1 Å². The van der Waals surface area contributed by atoms with E-state index in [9.17, 15) is 24.0 Å². The van der Waals surface area contributed by atoms with Crippen molar-refractivity contribution in [2.75, 3.05) is 5.32 Å². The fourth-order valence-electron chi connectivity index (χ4n) is 2.02. The number of nitrogens with one attached hydrogen (secondary N) is 1. The fraction of sp³-hybridized carbons (Fsp3) is 0.143. The van der Waals surface area contributed by atoms with Crippen LogP contribution in [0, 0.1) is 21.7 Å². The second kappa shape index (κ2) is 5.74. The molecule has 2 aromatic carbocycles. The molecule has 0 aliphatic rings. The number of aromatic hydroxyl groups is 1. The monoisotopic (exact) mass is 294 g/mol. The van der Waals surface area contributed by atoms with Gasteiger partial charge in [-0.1, -0.05) is 6.07 Å². The summed E-state index contributed by atoms with van der Waals surface area (Å²) in [4.78, 5) is 10.2. The molecule has 0 radical (unpaired) electrons. The van der Waals surface area contributed by atoms with E-state index in [1.54, 1.807) is 0 Å². The first-order valence-electron chi connectivity index (χ1n) is 6.08. The standard InChI is InChI=1S/C14H12F2N2O3/c1-8(14-10(15)3-2-4-11(14)16)17-12-6-5-9(19)7-13(12)18(20)21/h2-8,17,19H,1H3. The van der Waals surface area contributed by atoms with Gasteiger partial charge in [0, 0.05) is 5.56 Å². The molecule has 0 aliphatic heterocycles. The van der Waals surface area contributed by atoms with Crippen molar-refractivity contribution in [3.8, 4) is 5.75 Å². The maximum absolute atomic E-state index is 13.7. The van der Waals surface area contributed by atoms with Gasteiger partial charge in [0.1, 0.15) is 23.1 Å². The second-order valence-corrected chi connectivity index (χ2v) is 4.46. The molecule has 110 valence electrons. The minimum Gasteiger partial charge on any atom is -0.508 e. The summed E-state index contributed by atoms with van der Waals surface area (Å²) in [5, 5.41) is 22.9. The zero-order valence-electron chi connectivity index (χ0n) is 11.0. The fourth-order valence-corrected chi connectivity index (χ4v) is 2.02. The van der Waals surface area contributed by atoms with Crippen LogP contribution in [0.1, 0.15) is 18.5 Å². The Balaban J connectivity index is 2.36. The van der Waals surface area contributed by atoms with Gasteiger partial charge < -0.3 is 10.4 Å². The van der Waals surface area contributed by atoms with E-state index in [0.29, 0.717) is 0 Å². The number of anilines is 1. The smallest absolute Gasteiger partial charge is 0.296 e. The Hall–Kier alpha value is -2.70. The first kappa shape index (κ1) is 14.7. The van der Waals surface area contributed by atoms with Gasteiger partial charge in [-0.25, -0.2) is 8.78 Å². The molecule has 21 heavy (non-hydrogen) atoms. The maximum Gasteiger partial charge on any atom is 0.296 e. The Bertz CT molecular complexity index is 672. The molecule has 0 saturated carbocycles. The third-order valence-corrected chi connectivity index (χ3v) is 2.98. The lowest BCUT2D eigenvalue weighted by molar-refractivity contribution is -0.384. The van der Waals surface area contributed by atoms with E-state index in [0.717, 1.165) is 18.2 Å². The quantitative estimate of drug-likeness (QED) is 0.511. The number of rotatable bonds is 4. The Morgan fingerprint density at radius 1 is 1.24 bits per heavy atom. The Morgan fingerprint density at radius 3 is 2.43 bits per heavy atom. The molecule has 2 N–H and O–H groups in total. The molecule has 0 amide bonds. The molecule has 0 heterocycles.